The summed E-state index contributed by atoms with van der Waals surface area (Å²) in [7, 11) is 0. The number of primary amides is 1. The van der Waals surface area contributed by atoms with Crippen LogP contribution in [-0.2, 0) is 9.59 Å². The van der Waals surface area contributed by atoms with Crippen LogP contribution in [0.2, 0.25) is 5.02 Å². The lowest BCUT2D eigenvalue weighted by Crippen LogP contribution is -2.51. The molecule has 1 aliphatic carbocycles. The van der Waals surface area contributed by atoms with Crippen molar-refractivity contribution in [2.45, 2.75) is 37.4 Å². The third-order valence-corrected chi connectivity index (χ3v) is 5.68. The Balaban J connectivity index is 1.80. The van der Waals surface area contributed by atoms with E-state index < -0.39 is 23.4 Å². The molecule has 5 nitrogen and oxygen atoms in total. The second kappa shape index (κ2) is 7.02. The molecule has 1 atom stereocenters. The highest BCUT2D eigenvalue weighted by molar-refractivity contribution is 6.47. The number of hydrogen-bond acceptors (Lipinski definition) is 3. The van der Waals surface area contributed by atoms with Crippen molar-refractivity contribution in [1.82, 2.24) is 4.90 Å². The van der Waals surface area contributed by atoms with Gasteiger partial charge in [0.1, 0.15) is 23.2 Å². The van der Waals surface area contributed by atoms with Gasteiger partial charge in [-0.25, -0.2) is 4.39 Å². The van der Waals surface area contributed by atoms with Gasteiger partial charge < -0.3 is 5.73 Å². The molecule has 1 spiro atoms. The van der Waals surface area contributed by atoms with Crippen LogP contribution in [0, 0.1) is 5.82 Å². The Bertz CT molecular complexity index is 951. The first-order chi connectivity index (χ1) is 13.4. The maximum Gasteiger partial charge on any atom is 0.275 e. The monoisotopic (exact) mass is 399 g/mol. The summed E-state index contributed by atoms with van der Waals surface area (Å²) in [6.45, 7) is 0. The lowest BCUT2D eigenvalue weighted by atomic mass is 9.98. The lowest BCUT2D eigenvalue weighted by Gasteiger charge is -2.37. The van der Waals surface area contributed by atoms with Gasteiger partial charge in [-0.2, -0.15) is 0 Å². The predicted octanol–water partition coefficient (Wildman–Crippen LogP) is 3.61. The van der Waals surface area contributed by atoms with Crippen LogP contribution in [0.4, 0.5) is 4.39 Å². The zero-order chi connectivity index (χ0) is 19.9. The van der Waals surface area contributed by atoms with E-state index in [-0.39, 0.29) is 11.6 Å². The minimum Gasteiger partial charge on any atom is -0.368 e. The molecule has 1 saturated carbocycles. The van der Waals surface area contributed by atoms with Gasteiger partial charge in [0, 0.05) is 10.6 Å². The first-order valence-electron chi connectivity index (χ1n) is 9.15. The van der Waals surface area contributed by atoms with Gasteiger partial charge in [-0.05, 0) is 67.6 Å². The van der Waals surface area contributed by atoms with Crippen molar-refractivity contribution >= 4 is 29.1 Å². The molecule has 0 aromatic heterocycles. The molecule has 2 aliphatic rings. The Hall–Kier alpha value is -2.73. The Kier molecular flexibility index (Phi) is 4.67. The van der Waals surface area contributed by atoms with Crippen molar-refractivity contribution in [3.8, 4) is 0 Å². The molecule has 1 fully saturated rings. The smallest absolute Gasteiger partial charge is 0.275 e. The Morgan fingerprint density at radius 1 is 1.11 bits per heavy atom. The van der Waals surface area contributed by atoms with Crippen LogP contribution in [0.1, 0.15) is 42.9 Å². The molecule has 2 aromatic rings. The topological polar surface area (TPSA) is 75.8 Å². The van der Waals surface area contributed by atoms with E-state index in [0.29, 0.717) is 29.0 Å². The number of hydrogen-bond donors (Lipinski definition) is 1. The molecule has 2 amide bonds. The largest absolute Gasteiger partial charge is 0.368 e. The number of carbonyl (C=O) groups excluding carboxylic acids is 2. The number of carbonyl (C=O) groups is 2. The van der Waals surface area contributed by atoms with Crippen molar-refractivity contribution in [3.63, 3.8) is 0 Å². The third-order valence-electron chi connectivity index (χ3n) is 5.43. The maximum atomic E-state index is 13.4. The summed E-state index contributed by atoms with van der Waals surface area (Å²) in [5, 5.41) is 0.526. The van der Waals surface area contributed by atoms with Crippen molar-refractivity contribution < 1.29 is 14.0 Å². The molecule has 0 saturated heterocycles. The molecule has 2 N–H and O–H groups in total. The molecular formula is C21H19ClFN3O2. The molecule has 2 aromatic carbocycles. The molecule has 7 heteroatoms. The Morgan fingerprint density at radius 2 is 1.71 bits per heavy atom. The SMILES string of the molecule is NC(=O)C(c1ccc(Cl)cc1)N1C(=O)C(c2ccc(F)cc2)=NC12CCCC2. The fraction of sp³-hybridized carbons (Fsp3) is 0.286. The summed E-state index contributed by atoms with van der Waals surface area (Å²) in [4.78, 5) is 32.1. The van der Waals surface area contributed by atoms with E-state index in [1.54, 1.807) is 24.3 Å². The number of nitrogens with zero attached hydrogens (tertiary/aromatic N) is 2. The highest BCUT2D eigenvalue weighted by atomic mass is 35.5. The van der Waals surface area contributed by atoms with Gasteiger partial charge >= 0.3 is 0 Å². The van der Waals surface area contributed by atoms with Gasteiger partial charge in [-0.1, -0.05) is 23.7 Å². The molecule has 144 valence electrons. The van der Waals surface area contributed by atoms with Gasteiger partial charge in [-0.15, -0.1) is 0 Å². The van der Waals surface area contributed by atoms with Gasteiger partial charge in [0.2, 0.25) is 5.91 Å². The number of rotatable bonds is 4. The number of nitrogens with two attached hydrogens (primary N) is 1. The number of benzene rings is 2. The summed E-state index contributed by atoms with van der Waals surface area (Å²) in [5.74, 6) is -1.39. The van der Waals surface area contributed by atoms with Crippen LogP contribution < -0.4 is 5.73 Å². The quantitative estimate of drug-likeness (QED) is 0.852. The first kappa shape index (κ1) is 18.6. The van der Waals surface area contributed by atoms with E-state index >= 15 is 0 Å². The van der Waals surface area contributed by atoms with E-state index in [1.807, 2.05) is 0 Å². The molecular weight excluding hydrogens is 381 g/mol. The minimum absolute atomic E-state index is 0.238. The van der Waals surface area contributed by atoms with Gasteiger partial charge in [0.15, 0.2) is 0 Å². The lowest BCUT2D eigenvalue weighted by molar-refractivity contribution is -0.139. The van der Waals surface area contributed by atoms with Crippen LogP contribution in [-0.4, -0.2) is 28.1 Å². The fourth-order valence-electron chi connectivity index (χ4n) is 4.15. The number of aliphatic imine (C=N–C) groups is 1. The standard InChI is InChI=1S/C21H19ClFN3O2/c22-15-7-3-14(4-8-15)18(19(24)27)26-20(28)17(13-5-9-16(23)10-6-13)25-21(26)11-1-2-12-21/h3-10,18H,1-2,11-12H2,(H2,24,27). The molecule has 1 unspecified atom stereocenters. The fourth-order valence-corrected chi connectivity index (χ4v) is 4.27. The number of halogens is 2. The zero-order valence-corrected chi connectivity index (χ0v) is 15.8. The summed E-state index contributed by atoms with van der Waals surface area (Å²) in [5.41, 5.74) is 6.29. The number of amides is 2. The van der Waals surface area contributed by atoms with Crippen molar-refractivity contribution in [2.24, 2.45) is 10.7 Å². The van der Waals surface area contributed by atoms with Crippen LogP contribution in [0.25, 0.3) is 0 Å². The molecule has 4 rings (SSSR count). The molecule has 1 aliphatic heterocycles. The van der Waals surface area contributed by atoms with Gasteiger partial charge in [0.25, 0.3) is 5.91 Å². The van der Waals surface area contributed by atoms with Gasteiger partial charge in [-0.3, -0.25) is 19.5 Å². The van der Waals surface area contributed by atoms with E-state index in [4.69, 9.17) is 22.3 Å². The summed E-state index contributed by atoms with van der Waals surface area (Å²) in [6, 6.07) is 11.4. The molecule has 28 heavy (non-hydrogen) atoms. The van der Waals surface area contributed by atoms with Crippen LogP contribution >= 0.6 is 11.6 Å². The first-order valence-corrected chi connectivity index (χ1v) is 9.53. The minimum atomic E-state index is -0.954. The summed E-state index contributed by atoms with van der Waals surface area (Å²) >= 11 is 5.97. The van der Waals surface area contributed by atoms with Crippen molar-refractivity contribution in [2.75, 3.05) is 0 Å². The third kappa shape index (κ3) is 3.07. The van der Waals surface area contributed by atoms with Crippen LogP contribution in [0.3, 0.4) is 0 Å². The molecule has 0 bridgehead atoms. The highest BCUT2D eigenvalue weighted by Gasteiger charge is 2.53. The van der Waals surface area contributed by atoms with Crippen molar-refractivity contribution in [1.29, 1.82) is 0 Å². The molecule has 1 heterocycles. The summed E-state index contributed by atoms with van der Waals surface area (Å²) < 4.78 is 13.3. The molecule has 0 radical (unpaired) electrons. The van der Waals surface area contributed by atoms with Gasteiger partial charge in [0.05, 0.1) is 0 Å². The van der Waals surface area contributed by atoms with E-state index in [1.165, 1.54) is 29.2 Å². The Labute approximate surface area is 167 Å². The average molecular weight is 400 g/mol. The zero-order valence-electron chi connectivity index (χ0n) is 15.1. The highest BCUT2D eigenvalue weighted by Crippen LogP contribution is 2.45. The van der Waals surface area contributed by atoms with E-state index in [2.05, 4.69) is 0 Å². The maximum absolute atomic E-state index is 13.4. The normalized spacial score (nSPS) is 19.1. The second-order valence-corrected chi connectivity index (χ2v) is 7.62. The Morgan fingerprint density at radius 3 is 2.29 bits per heavy atom. The van der Waals surface area contributed by atoms with Crippen LogP contribution in [0.5, 0.6) is 0 Å². The van der Waals surface area contributed by atoms with E-state index in [0.717, 1.165) is 12.8 Å². The predicted molar refractivity (Wildman–Crippen MR) is 104 cm³/mol. The van der Waals surface area contributed by atoms with Crippen LogP contribution in [0.15, 0.2) is 53.5 Å². The second-order valence-electron chi connectivity index (χ2n) is 7.19. The van der Waals surface area contributed by atoms with Crippen molar-refractivity contribution in [3.05, 3.63) is 70.5 Å². The van der Waals surface area contributed by atoms with E-state index in [9.17, 15) is 14.0 Å². The average Bonchev–Trinajstić information content (AvgIpc) is 3.24. The summed E-state index contributed by atoms with van der Waals surface area (Å²) in [6.07, 6.45) is 3.10.